The van der Waals surface area contributed by atoms with Crippen molar-refractivity contribution in [2.24, 2.45) is 17.8 Å². The van der Waals surface area contributed by atoms with Gasteiger partial charge < -0.3 is 39.9 Å². The summed E-state index contributed by atoms with van der Waals surface area (Å²) in [5, 5.41) is 5.42. The van der Waals surface area contributed by atoms with Crippen molar-refractivity contribution < 1.29 is 28.7 Å². The first-order valence-electron chi connectivity index (χ1n) is 19.8. The molecule has 2 aliphatic heterocycles. The zero-order valence-electron chi connectivity index (χ0n) is 33.4. The fourth-order valence-electron chi connectivity index (χ4n) is 7.84. The summed E-state index contributed by atoms with van der Waals surface area (Å²) in [4.78, 5) is 71.4. The molecular weight excluding hydrogens is 725 g/mol. The molecule has 300 valence electrons. The molecule has 7 rings (SSSR count). The minimum atomic E-state index is -0.720. The van der Waals surface area contributed by atoms with Crippen molar-refractivity contribution in [1.82, 2.24) is 40.4 Å². The van der Waals surface area contributed by atoms with Crippen LogP contribution in [0.3, 0.4) is 0 Å². The maximum atomic E-state index is 13.9. The third kappa shape index (κ3) is 8.45. The first-order chi connectivity index (χ1) is 27.4. The van der Waals surface area contributed by atoms with Crippen LogP contribution in [0.1, 0.15) is 77.1 Å². The number of hydrogen-bond acceptors (Lipinski definition) is 8. The molecule has 1 aliphatic carbocycles. The van der Waals surface area contributed by atoms with Gasteiger partial charge in [-0.15, -0.1) is 0 Å². The minimum Gasteiger partial charge on any atom is -0.453 e. The zero-order chi connectivity index (χ0) is 40.4. The van der Waals surface area contributed by atoms with E-state index in [9.17, 15) is 19.2 Å². The van der Waals surface area contributed by atoms with E-state index in [4.69, 9.17) is 14.5 Å². The van der Waals surface area contributed by atoms with Gasteiger partial charge in [-0.05, 0) is 71.3 Å². The molecule has 14 heteroatoms. The Kier molecular flexibility index (Phi) is 11.5. The van der Waals surface area contributed by atoms with Crippen LogP contribution in [-0.4, -0.2) is 93.1 Å². The van der Waals surface area contributed by atoms with Gasteiger partial charge in [-0.2, -0.15) is 0 Å². The second kappa shape index (κ2) is 16.7. The topological polar surface area (TPSA) is 175 Å². The smallest absolute Gasteiger partial charge is 0.407 e. The van der Waals surface area contributed by atoms with Gasteiger partial charge in [-0.25, -0.2) is 19.6 Å². The van der Waals surface area contributed by atoms with E-state index in [1.54, 1.807) is 12.4 Å². The number of H-pyrrole nitrogens is 2. The highest BCUT2D eigenvalue weighted by Crippen LogP contribution is 2.43. The Morgan fingerprint density at radius 3 is 1.65 bits per heavy atom. The lowest BCUT2D eigenvalue weighted by Gasteiger charge is -2.30. The number of ether oxygens (including phenoxy) is 2. The second-order valence-electron chi connectivity index (χ2n) is 15.9. The molecule has 2 aromatic carbocycles. The Balaban J connectivity index is 1.02. The molecule has 0 spiro atoms. The van der Waals surface area contributed by atoms with Crippen LogP contribution < -0.4 is 10.6 Å². The summed E-state index contributed by atoms with van der Waals surface area (Å²) in [5.74, 6) is 1.36. The van der Waals surface area contributed by atoms with Crippen LogP contribution in [0, 0.1) is 17.8 Å². The van der Waals surface area contributed by atoms with E-state index < -0.39 is 24.3 Å². The Bertz CT molecular complexity index is 2120. The number of carbonyl (C=O) groups excluding carboxylic acids is 4. The van der Waals surface area contributed by atoms with Gasteiger partial charge >= 0.3 is 12.2 Å². The number of amides is 4. The van der Waals surface area contributed by atoms with Crippen molar-refractivity contribution in [1.29, 1.82) is 0 Å². The van der Waals surface area contributed by atoms with Crippen LogP contribution in [0.15, 0.2) is 72.6 Å². The lowest BCUT2D eigenvalue weighted by atomic mass is 10.0. The number of aromatic amines is 2. The summed E-state index contributed by atoms with van der Waals surface area (Å²) in [6.07, 6.45) is 8.38. The van der Waals surface area contributed by atoms with Crippen molar-refractivity contribution in [3.8, 4) is 33.6 Å². The van der Waals surface area contributed by atoms with E-state index >= 15 is 0 Å². The SMILES string of the molecule is COC(=O)NC(C(=O)N1CCC[C@H]1c1ncc(-c2ccc(-c3ccc(-c4cnc([C@@H]5C=C(C6CC6)CN5C(=O)[C@H](NC(=O)OC)C(C)C)[nH]4)cc3)cc2)[nH]1)C(C)C. The molecule has 1 saturated heterocycles. The highest BCUT2D eigenvalue weighted by atomic mass is 16.5. The summed E-state index contributed by atoms with van der Waals surface area (Å²) in [6.45, 7) is 8.73. The molecule has 1 saturated carbocycles. The molecular formula is C43H52N8O6. The highest BCUT2D eigenvalue weighted by Gasteiger charge is 2.41. The lowest BCUT2D eigenvalue weighted by molar-refractivity contribution is -0.136. The van der Waals surface area contributed by atoms with E-state index in [0.717, 1.165) is 65.1 Å². The summed E-state index contributed by atoms with van der Waals surface area (Å²) >= 11 is 0. The number of benzene rings is 2. The molecule has 1 unspecified atom stereocenters. The van der Waals surface area contributed by atoms with Crippen LogP contribution in [0.25, 0.3) is 33.6 Å². The van der Waals surface area contributed by atoms with Gasteiger partial charge in [0.2, 0.25) is 11.8 Å². The molecule has 4 aromatic rings. The molecule has 57 heavy (non-hydrogen) atoms. The van der Waals surface area contributed by atoms with Gasteiger partial charge in [0, 0.05) is 13.1 Å². The quantitative estimate of drug-likeness (QED) is 0.114. The van der Waals surface area contributed by atoms with Gasteiger partial charge in [-0.1, -0.05) is 82.3 Å². The van der Waals surface area contributed by atoms with Gasteiger partial charge in [0.15, 0.2) is 0 Å². The number of nitrogens with one attached hydrogen (secondary N) is 4. The van der Waals surface area contributed by atoms with Crippen LogP contribution in [0.2, 0.25) is 0 Å². The number of alkyl carbamates (subject to hydrolysis) is 2. The van der Waals surface area contributed by atoms with Crippen LogP contribution in [-0.2, 0) is 19.1 Å². The minimum absolute atomic E-state index is 0.106. The van der Waals surface area contributed by atoms with Crippen molar-refractivity contribution >= 4 is 24.0 Å². The summed E-state index contributed by atoms with van der Waals surface area (Å²) in [6, 6.07) is 14.5. The number of likely N-dealkylation sites (tertiary alicyclic amines) is 1. The van der Waals surface area contributed by atoms with Crippen LogP contribution in [0.5, 0.6) is 0 Å². The molecule has 4 N–H and O–H groups in total. The Morgan fingerprint density at radius 1 is 0.684 bits per heavy atom. The Labute approximate surface area is 332 Å². The maximum Gasteiger partial charge on any atom is 0.407 e. The average Bonchev–Trinajstić information content (AvgIpc) is 3.65. The number of hydrogen-bond donors (Lipinski definition) is 4. The van der Waals surface area contributed by atoms with Crippen LogP contribution >= 0.6 is 0 Å². The highest BCUT2D eigenvalue weighted by molar-refractivity contribution is 5.87. The first kappa shape index (κ1) is 39.3. The van der Waals surface area contributed by atoms with Crippen molar-refractivity contribution in [3.63, 3.8) is 0 Å². The third-order valence-corrected chi connectivity index (χ3v) is 11.3. The van der Waals surface area contributed by atoms with Crippen LogP contribution in [0.4, 0.5) is 9.59 Å². The number of imidazole rings is 2. The van der Waals surface area contributed by atoms with Gasteiger partial charge in [-0.3, -0.25) is 9.59 Å². The molecule has 4 heterocycles. The van der Waals surface area contributed by atoms with E-state index in [0.29, 0.717) is 24.8 Å². The predicted molar refractivity (Wildman–Crippen MR) is 214 cm³/mol. The fourth-order valence-corrected chi connectivity index (χ4v) is 7.84. The van der Waals surface area contributed by atoms with E-state index in [2.05, 4.69) is 80.2 Å². The van der Waals surface area contributed by atoms with E-state index in [-0.39, 0.29) is 35.7 Å². The number of rotatable bonds is 12. The molecule has 2 aromatic heterocycles. The molecule has 4 atom stereocenters. The molecule has 0 radical (unpaired) electrons. The second-order valence-corrected chi connectivity index (χ2v) is 15.9. The number of aromatic nitrogens is 4. The molecule has 2 fully saturated rings. The average molecular weight is 777 g/mol. The van der Waals surface area contributed by atoms with Crippen molar-refractivity contribution in [2.75, 3.05) is 27.3 Å². The summed E-state index contributed by atoms with van der Waals surface area (Å²) in [7, 11) is 2.58. The number of carbonyl (C=O) groups is 4. The van der Waals surface area contributed by atoms with E-state index in [1.807, 2.05) is 37.5 Å². The third-order valence-electron chi connectivity index (χ3n) is 11.3. The van der Waals surface area contributed by atoms with Gasteiger partial charge in [0.05, 0.1) is 44.0 Å². The standard InChI is InChI=1S/C43H52N8O6/c1-24(2)36(48-42(54)56-5)40(52)50-19-7-8-34(50)38-44-21-32(46-38)29-15-11-26(12-16-29)27-13-17-30(18-14-27)33-22-45-39(47-33)35-20-31(28-9-10-28)23-51(35)41(53)37(25(3)4)49-43(55)57-6/h11-18,20-22,24-25,28,34-37H,7-10,19,23H2,1-6H3,(H,44,46)(H,45,47)(H,48,54)(H,49,55)/t34-,35-,36?,37+/m0/s1. The Hall–Kier alpha value is -5.92. The maximum absolute atomic E-state index is 13.9. The molecule has 0 bridgehead atoms. The van der Waals surface area contributed by atoms with Gasteiger partial charge in [0.1, 0.15) is 29.8 Å². The Morgan fingerprint density at radius 2 is 1.16 bits per heavy atom. The fraction of sp³-hybridized carbons (Fsp3) is 0.442. The van der Waals surface area contributed by atoms with E-state index in [1.165, 1.54) is 19.8 Å². The first-order valence-corrected chi connectivity index (χ1v) is 19.8. The molecule has 3 aliphatic rings. The molecule has 14 nitrogen and oxygen atoms in total. The lowest BCUT2D eigenvalue weighted by Crippen LogP contribution is -2.51. The van der Waals surface area contributed by atoms with Crippen molar-refractivity contribution in [2.45, 2.75) is 77.5 Å². The number of nitrogens with zero attached hydrogens (tertiary/aromatic N) is 4. The summed E-state index contributed by atoms with van der Waals surface area (Å²) in [5.41, 5.74) is 6.99. The zero-order valence-corrected chi connectivity index (χ0v) is 33.4. The monoisotopic (exact) mass is 776 g/mol. The molecule has 4 amide bonds. The largest absolute Gasteiger partial charge is 0.453 e. The van der Waals surface area contributed by atoms with Crippen molar-refractivity contribution in [3.05, 3.63) is 84.2 Å². The summed E-state index contributed by atoms with van der Waals surface area (Å²) < 4.78 is 9.56. The van der Waals surface area contributed by atoms with Gasteiger partial charge in [0.25, 0.3) is 0 Å². The normalized spacial score (nSPS) is 19.1. The number of methoxy groups -OCH3 is 2. The predicted octanol–water partition coefficient (Wildman–Crippen LogP) is 6.78.